The molecular weight excluding hydrogens is 370 g/mol. The molecule has 1 aromatic carbocycles. The minimum atomic E-state index is -1.01. The molecule has 1 aliphatic rings. The van der Waals surface area contributed by atoms with Crippen LogP contribution in [0.1, 0.15) is 18.4 Å². The molecule has 0 aliphatic carbocycles. The van der Waals surface area contributed by atoms with Crippen molar-refractivity contribution in [2.75, 3.05) is 58.9 Å². The van der Waals surface area contributed by atoms with Gasteiger partial charge in [0, 0.05) is 32.6 Å². The van der Waals surface area contributed by atoms with Crippen molar-refractivity contribution in [1.29, 1.82) is 0 Å². The monoisotopic (exact) mass is 405 g/mol. The normalized spacial score (nSPS) is 19.0. The van der Waals surface area contributed by atoms with E-state index in [1.807, 2.05) is 30.3 Å². The third-order valence-electron chi connectivity index (χ3n) is 4.90. The number of nitrogens with zero attached hydrogens (tertiary/aromatic N) is 1. The number of amides is 1. The highest BCUT2D eigenvalue weighted by atomic mass is 16.4. The Morgan fingerprint density at radius 2 is 1.59 bits per heavy atom. The van der Waals surface area contributed by atoms with Gasteiger partial charge in [-0.15, -0.1) is 0 Å². The molecule has 1 saturated heterocycles. The summed E-state index contributed by atoms with van der Waals surface area (Å²) in [6, 6.07) is 8.45. The van der Waals surface area contributed by atoms with Crippen molar-refractivity contribution in [1.82, 2.24) is 26.2 Å². The highest BCUT2D eigenvalue weighted by Gasteiger charge is 2.21. The molecule has 0 bridgehead atoms. The second kappa shape index (κ2) is 14.1. The van der Waals surface area contributed by atoms with Crippen LogP contribution in [0.25, 0.3) is 0 Å². The highest BCUT2D eigenvalue weighted by Crippen LogP contribution is 2.04. The lowest BCUT2D eigenvalue weighted by Gasteiger charge is -2.24. The predicted octanol–water partition coefficient (Wildman–Crippen LogP) is -0.337. The number of carboxylic acids is 1. The van der Waals surface area contributed by atoms with Gasteiger partial charge in [0.2, 0.25) is 5.91 Å². The third kappa shape index (κ3) is 10.4. The molecule has 0 saturated carbocycles. The van der Waals surface area contributed by atoms with Crippen LogP contribution >= 0.6 is 0 Å². The molecule has 1 atom stereocenters. The molecular formula is C21H35N5O3. The van der Waals surface area contributed by atoms with Gasteiger partial charge in [-0.1, -0.05) is 30.3 Å². The molecule has 0 radical (unpaired) electrons. The summed E-state index contributed by atoms with van der Waals surface area (Å²) < 4.78 is 0. The molecule has 1 aromatic rings. The standard InChI is InChI=1S/C21H35N5O3/c27-20(25-19(21(28)29)16-18-6-2-1-3-7-18)17-26-14-5-10-23-12-11-22-8-4-9-24-13-15-26/h1-3,6-7,19,22-24H,4-5,8-17H2,(H,25,27)(H,28,29)/t19-/m0/s1. The first-order chi connectivity index (χ1) is 14.1. The van der Waals surface area contributed by atoms with Gasteiger partial charge >= 0.3 is 5.97 Å². The van der Waals surface area contributed by atoms with Gasteiger partial charge in [-0.2, -0.15) is 0 Å². The average molecular weight is 406 g/mol. The maximum atomic E-state index is 12.5. The molecule has 162 valence electrons. The molecule has 1 aliphatic heterocycles. The first kappa shape index (κ1) is 23.3. The van der Waals surface area contributed by atoms with Crippen LogP contribution in [0, 0.1) is 0 Å². The Balaban J connectivity index is 1.83. The largest absolute Gasteiger partial charge is 0.480 e. The zero-order valence-corrected chi connectivity index (χ0v) is 17.2. The van der Waals surface area contributed by atoms with Crippen molar-refractivity contribution in [3.8, 4) is 0 Å². The summed E-state index contributed by atoms with van der Waals surface area (Å²) in [5.74, 6) is -1.26. The smallest absolute Gasteiger partial charge is 0.326 e. The lowest BCUT2D eigenvalue weighted by molar-refractivity contribution is -0.141. The third-order valence-corrected chi connectivity index (χ3v) is 4.90. The Bertz CT molecular complexity index is 585. The molecule has 8 nitrogen and oxygen atoms in total. The molecule has 0 unspecified atom stereocenters. The summed E-state index contributed by atoms with van der Waals surface area (Å²) in [6.07, 6.45) is 2.29. The number of rotatable bonds is 6. The summed E-state index contributed by atoms with van der Waals surface area (Å²) >= 11 is 0. The maximum Gasteiger partial charge on any atom is 0.326 e. The average Bonchev–Trinajstić information content (AvgIpc) is 2.71. The minimum Gasteiger partial charge on any atom is -0.480 e. The number of nitrogens with one attached hydrogen (secondary N) is 4. The van der Waals surface area contributed by atoms with E-state index < -0.39 is 12.0 Å². The van der Waals surface area contributed by atoms with Gasteiger partial charge in [0.25, 0.3) is 0 Å². The van der Waals surface area contributed by atoms with E-state index in [1.165, 1.54) is 0 Å². The number of carbonyl (C=O) groups excluding carboxylic acids is 1. The van der Waals surface area contributed by atoms with Crippen LogP contribution < -0.4 is 21.3 Å². The molecule has 8 heteroatoms. The number of hydrogen-bond acceptors (Lipinski definition) is 6. The summed E-state index contributed by atoms with van der Waals surface area (Å²) in [5.41, 5.74) is 0.892. The first-order valence-electron chi connectivity index (χ1n) is 10.6. The van der Waals surface area contributed by atoms with E-state index in [1.54, 1.807) is 0 Å². The second-order valence-electron chi connectivity index (χ2n) is 7.38. The van der Waals surface area contributed by atoms with E-state index in [0.29, 0.717) is 0 Å². The molecule has 0 spiro atoms. The quantitative estimate of drug-likeness (QED) is 0.441. The Labute approximate surface area is 173 Å². The van der Waals surface area contributed by atoms with E-state index >= 15 is 0 Å². The molecule has 2 rings (SSSR count). The highest BCUT2D eigenvalue weighted by molar-refractivity contribution is 5.84. The van der Waals surface area contributed by atoms with Crippen molar-refractivity contribution >= 4 is 11.9 Å². The van der Waals surface area contributed by atoms with Crippen LogP contribution in [0.3, 0.4) is 0 Å². The van der Waals surface area contributed by atoms with E-state index in [-0.39, 0.29) is 18.9 Å². The number of carboxylic acid groups (broad SMARTS) is 1. The molecule has 5 N–H and O–H groups in total. The summed E-state index contributed by atoms with van der Waals surface area (Å²) in [5, 5.41) is 22.4. The van der Waals surface area contributed by atoms with Crippen LogP contribution in [-0.2, 0) is 16.0 Å². The van der Waals surface area contributed by atoms with Crippen molar-refractivity contribution in [3.63, 3.8) is 0 Å². The van der Waals surface area contributed by atoms with Crippen molar-refractivity contribution < 1.29 is 14.7 Å². The molecule has 1 heterocycles. The van der Waals surface area contributed by atoms with Gasteiger partial charge in [-0.05, 0) is 44.6 Å². The van der Waals surface area contributed by atoms with Crippen molar-refractivity contribution in [2.45, 2.75) is 25.3 Å². The van der Waals surface area contributed by atoms with Crippen molar-refractivity contribution in [2.24, 2.45) is 0 Å². The van der Waals surface area contributed by atoms with Gasteiger partial charge in [0.1, 0.15) is 6.04 Å². The van der Waals surface area contributed by atoms with Gasteiger partial charge in [0.05, 0.1) is 6.54 Å². The maximum absolute atomic E-state index is 12.5. The van der Waals surface area contributed by atoms with Crippen molar-refractivity contribution in [3.05, 3.63) is 35.9 Å². The fourth-order valence-electron chi connectivity index (χ4n) is 3.32. The SMILES string of the molecule is O=C(CN1CCCNCCNCCCNCC1)N[C@@H](Cc1ccccc1)C(=O)O. The number of carbonyl (C=O) groups is 2. The topological polar surface area (TPSA) is 106 Å². The number of hydrogen-bond donors (Lipinski definition) is 5. The van der Waals surface area contributed by atoms with Crippen LogP contribution in [0.15, 0.2) is 30.3 Å². The van der Waals surface area contributed by atoms with E-state index in [9.17, 15) is 14.7 Å². The van der Waals surface area contributed by atoms with Crippen LogP contribution in [0.5, 0.6) is 0 Å². The Morgan fingerprint density at radius 3 is 2.28 bits per heavy atom. The fourth-order valence-corrected chi connectivity index (χ4v) is 3.32. The molecule has 29 heavy (non-hydrogen) atoms. The second-order valence-corrected chi connectivity index (χ2v) is 7.38. The minimum absolute atomic E-state index is 0.210. The van der Waals surface area contributed by atoms with E-state index in [2.05, 4.69) is 26.2 Å². The van der Waals surface area contributed by atoms with Crippen LogP contribution in [0.2, 0.25) is 0 Å². The predicted molar refractivity (Wildman–Crippen MR) is 114 cm³/mol. The van der Waals surface area contributed by atoms with Crippen LogP contribution in [-0.4, -0.2) is 86.8 Å². The molecule has 1 amide bonds. The molecule has 1 fully saturated rings. The lowest BCUT2D eigenvalue weighted by atomic mass is 10.1. The summed E-state index contributed by atoms with van der Waals surface area (Å²) in [7, 11) is 0. The van der Waals surface area contributed by atoms with Crippen LogP contribution in [0.4, 0.5) is 0 Å². The molecule has 0 aromatic heterocycles. The number of benzene rings is 1. The zero-order valence-electron chi connectivity index (χ0n) is 17.2. The van der Waals surface area contributed by atoms with Gasteiger partial charge < -0.3 is 26.4 Å². The fraction of sp³-hybridized carbons (Fsp3) is 0.619. The Hall–Kier alpha value is -2.00. The Kier molecular flexibility index (Phi) is 11.3. The van der Waals surface area contributed by atoms with Gasteiger partial charge in [-0.3, -0.25) is 9.69 Å². The van der Waals surface area contributed by atoms with Gasteiger partial charge in [0.15, 0.2) is 0 Å². The Morgan fingerprint density at radius 1 is 0.931 bits per heavy atom. The summed E-state index contributed by atoms with van der Waals surface area (Å²) in [4.78, 5) is 26.2. The van der Waals surface area contributed by atoms with E-state index in [4.69, 9.17) is 0 Å². The van der Waals surface area contributed by atoms with E-state index in [0.717, 1.165) is 70.8 Å². The lowest BCUT2D eigenvalue weighted by Crippen LogP contribution is -2.48. The zero-order chi connectivity index (χ0) is 20.7. The first-order valence-corrected chi connectivity index (χ1v) is 10.6. The number of aliphatic carboxylic acids is 1. The van der Waals surface area contributed by atoms with Gasteiger partial charge in [-0.25, -0.2) is 4.79 Å². The summed E-state index contributed by atoms with van der Waals surface area (Å²) in [6.45, 7) is 7.33.